The van der Waals surface area contributed by atoms with Gasteiger partial charge in [0.1, 0.15) is 0 Å². The van der Waals surface area contributed by atoms with Gasteiger partial charge in [0, 0.05) is 50.1 Å². The van der Waals surface area contributed by atoms with Crippen molar-refractivity contribution in [1.82, 2.24) is 10.2 Å². The molecule has 2 rings (SSSR count). The van der Waals surface area contributed by atoms with E-state index in [2.05, 4.69) is 5.32 Å². The van der Waals surface area contributed by atoms with E-state index in [0.717, 1.165) is 24.4 Å². The predicted octanol–water partition coefficient (Wildman–Crippen LogP) is 3.79. The maximum atomic E-state index is 12.5. The molecule has 0 bridgehead atoms. The van der Waals surface area contributed by atoms with Gasteiger partial charge < -0.3 is 5.32 Å². The molecule has 1 aliphatic heterocycles. The van der Waals surface area contributed by atoms with Crippen molar-refractivity contribution in [3.05, 3.63) is 27.1 Å². The van der Waals surface area contributed by atoms with Gasteiger partial charge in [0.2, 0.25) is 0 Å². The molecule has 1 atom stereocenters. The summed E-state index contributed by atoms with van der Waals surface area (Å²) in [7, 11) is 0. The van der Waals surface area contributed by atoms with E-state index in [1.165, 1.54) is 6.07 Å². The second-order valence-electron chi connectivity index (χ2n) is 4.93. The average Bonchev–Trinajstić information content (AvgIpc) is 2.89. The maximum Gasteiger partial charge on any atom is 0.389 e. The van der Waals surface area contributed by atoms with Gasteiger partial charge >= 0.3 is 11.2 Å². The molecular weight excluding hydrogens is 378 g/mol. The van der Waals surface area contributed by atoms with Gasteiger partial charge in [-0.3, -0.25) is 15.0 Å². The molecule has 0 spiro atoms. The lowest BCUT2D eigenvalue weighted by Crippen LogP contribution is -2.45. The molecule has 0 saturated carbocycles. The van der Waals surface area contributed by atoms with Crippen LogP contribution in [0.1, 0.15) is 24.4 Å². The Morgan fingerprint density at radius 1 is 1.35 bits per heavy atom. The molecule has 0 aliphatic carbocycles. The normalized spacial score (nSPS) is 17.0. The van der Waals surface area contributed by atoms with Gasteiger partial charge in [0.15, 0.2) is 0 Å². The second kappa shape index (κ2) is 9.63. The van der Waals surface area contributed by atoms with Crippen LogP contribution < -0.4 is 5.32 Å². The highest BCUT2D eigenvalue weighted by atomic mass is 35.5. The molecule has 1 N–H and O–H groups in total. The summed E-state index contributed by atoms with van der Waals surface area (Å²) in [6, 6.07) is 0.979. The first-order valence-electron chi connectivity index (χ1n) is 6.61. The summed E-state index contributed by atoms with van der Waals surface area (Å²) in [5.41, 5.74) is 0.609. The quantitative estimate of drug-likeness (QED) is 0.608. The minimum atomic E-state index is -4.21. The fraction of sp³-hybridized carbons (Fsp3) is 0.667. The number of thiophene rings is 1. The standard InChI is InChI=1S/C12H16F3N3O2S.2ClH/c13-12(14,15)2-1-10(17-5-3-16-4-6-17)9-7-11(18(19)20)21-8-9;;/h7-8,10,16H,1-6H2;2*1H/t10-;;/m1../s1. The maximum absolute atomic E-state index is 12.5. The van der Waals surface area contributed by atoms with Crippen LogP contribution in [-0.4, -0.2) is 42.2 Å². The van der Waals surface area contributed by atoms with Crippen LogP contribution in [0.5, 0.6) is 0 Å². The molecule has 134 valence electrons. The lowest BCUT2D eigenvalue weighted by atomic mass is 10.0. The molecule has 0 amide bonds. The van der Waals surface area contributed by atoms with Crippen LogP contribution in [0.3, 0.4) is 0 Å². The van der Waals surface area contributed by atoms with E-state index < -0.39 is 23.6 Å². The Kier molecular flexibility index (Phi) is 9.37. The molecule has 2 heterocycles. The van der Waals surface area contributed by atoms with E-state index in [1.54, 1.807) is 5.38 Å². The van der Waals surface area contributed by atoms with Gasteiger partial charge in [-0.1, -0.05) is 11.3 Å². The zero-order chi connectivity index (χ0) is 15.5. The molecule has 1 aromatic rings. The molecule has 23 heavy (non-hydrogen) atoms. The number of rotatable bonds is 5. The molecule has 5 nitrogen and oxygen atoms in total. The Bertz CT molecular complexity index is 496. The fourth-order valence-electron chi connectivity index (χ4n) is 2.46. The Hall–Kier alpha value is -0.610. The third-order valence-corrected chi connectivity index (χ3v) is 4.36. The lowest BCUT2D eigenvalue weighted by Gasteiger charge is -2.34. The van der Waals surface area contributed by atoms with Crippen LogP contribution in [0.2, 0.25) is 0 Å². The van der Waals surface area contributed by atoms with Crippen molar-refractivity contribution in [2.75, 3.05) is 26.2 Å². The zero-order valence-electron chi connectivity index (χ0n) is 12.0. The van der Waals surface area contributed by atoms with Crippen molar-refractivity contribution in [1.29, 1.82) is 0 Å². The van der Waals surface area contributed by atoms with E-state index >= 15 is 0 Å². The molecular formula is C12H18Cl2F3N3O2S. The monoisotopic (exact) mass is 395 g/mol. The molecule has 1 aliphatic rings. The highest BCUT2D eigenvalue weighted by molar-refractivity contribution is 7.13. The Labute approximate surface area is 148 Å². The first kappa shape index (κ1) is 22.4. The van der Waals surface area contributed by atoms with Crippen LogP contribution in [0.4, 0.5) is 18.2 Å². The average molecular weight is 396 g/mol. The first-order chi connectivity index (χ1) is 9.87. The molecule has 1 fully saturated rings. The molecule has 11 heteroatoms. The van der Waals surface area contributed by atoms with Gasteiger partial charge in [-0.25, -0.2) is 0 Å². The second-order valence-corrected chi connectivity index (χ2v) is 5.82. The molecule has 0 aromatic carbocycles. The Balaban J connectivity index is 0.00000242. The van der Waals surface area contributed by atoms with E-state index in [-0.39, 0.29) is 36.2 Å². The number of hydrogen-bond acceptors (Lipinski definition) is 5. The lowest BCUT2D eigenvalue weighted by molar-refractivity contribution is -0.380. The summed E-state index contributed by atoms with van der Waals surface area (Å²) in [4.78, 5) is 12.2. The minimum absolute atomic E-state index is 0. The van der Waals surface area contributed by atoms with Crippen molar-refractivity contribution in [2.24, 2.45) is 0 Å². The van der Waals surface area contributed by atoms with Crippen molar-refractivity contribution in [3.63, 3.8) is 0 Å². The van der Waals surface area contributed by atoms with Gasteiger partial charge in [-0.2, -0.15) is 13.2 Å². The summed E-state index contributed by atoms with van der Waals surface area (Å²) in [5.74, 6) is 0. The van der Waals surface area contributed by atoms with E-state index in [0.29, 0.717) is 18.7 Å². The van der Waals surface area contributed by atoms with E-state index in [9.17, 15) is 23.3 Å². The summed E-state index contributed by atoms with van der Waals surface area (Å²) < 4.78 is 37.5. The molecule has 1 aromatic heterocycles. The van der Waals surface area contributed by atoms with Gasteiger partial charge in [0.25, 0.3) is 0 Å². The van der Waals surface area contributed by atoms with E-state index in [1.807, 2.05) is 4.90 Å². The van der Waals surface area contributed by atoms with Gasteiger partial charge in [-0.05, 0) is 12.0 Å². The SMILES string of the molecule is Cl.Cl.O=[N+]([O-])c1cc([C@@H](CCC(F)(F)F)N2CCNCC2)cs1. The van der Waals surface area contributed by atoms with Gasteiger partial charge in [0.05, 0.1) is 4.92 Å². The van der Waals surface area contributed by atoms with Crippen molar-refractivity contribution in [3.8, 4) is 0 Å². The number of nitro groups is 1. The number of nitrogens with one attached hydrogen (secondary N) is 1. The largest absolute Gasteiger partial charge is 0.389 e. The smallest absolute Gasteiger partial charge is 0.314 e. The van der Waals surface area contributed by atoms with Crippen LogP contribution in [0, 0.1) is 10.1 Å². The van der Waals surface area contributed by atoms with Crippen LogP contribution in [-0.2, 0) is 0 Å². The Morgan fingerprint density at radius 2 is 1.96 bits per heavy atom. The van der Waals surface area contributed by atoms with Crippen LogP contribution in [0.15, 0.2) is 11.4 Å². The van der Waals surface area contributed by atoms with Gasteiger partial charge in [-0.15, -0.1) is 24.8 Å². The number of piperazine rings is 1. The highest BCUT2D eigenvalue weighted by Gasteiger charge is 2.32. The number of nitrogens with zero attached hydrogens (tertiary/aromatic N) is 2. The first-order valence-corrected chi connectivity index (χ1v) is 7.49. The highest BCUT2D eigenvalue weighted by Crippen LogP contribution is 2.35. The minimum Gasteiger partial charge on any atom is -0.314 e. The van der Waals surface area contributed by atoms with Crippen molar-refractivity contribution < 1.29 is 18.1 Å². The Morgan fingerprint density at radius 3 is 2.43 bits per heavy atom. The molecule has 1 saturated heterocycles. The number of halogens is 5. The summed E-state index contributed by atoms with van der Waals surface area (Å²) in [6.45, 7) is 2.72. The zero-order valence-corrected chi connectivity index (χ0v) is 14.5. The van der Waals surface area contributed by atoms with Crippen LogP contribution in [0.25, 0.3) is 0 Å². The number of hydrogen-bond donors (Lipinski definition) is 1. The summed E-state index contributed by atoms with van der Waals surface area (Å²) >= 11 is 0.961. The van der Waals surface area contributed by atoms with Crippen LogP contribution >= 0.6 is 36.2 Å². The number of alkyl halides is 3. The van der Waals surface area contributed by atoms with Crippen molar-refractivity contribution in [2.45, 2.75) is 25.1 Å². The third kappa shape index (κ3) is 6.80. The summed E-state index contributed by atoms with van der Waals surface area (Å²) in [5, 5.41) is 15.5. The molecule has 0 radical (unpaired) electrons. The van der Waals surface area contributed by atoms with Crippen molar-refractivity contribution >= 4 is 41.2 Å². The summed E-state index contributed by atoms with van der Waals surface area (Å²) in [6.07, 6.45) is -5.17. The fourth-order valence-corrected chi connectivity index (χ4v) is 3.24. The predicted molar refractivity (Wildman–Crippen MR) is 87.9 cm³/mol. The molecule has 0 unspecified atom stereocenters. The third-order valence-electron chi connectivity index (χ3n) is 3.46. The topological polar surface area (TPSA) is 58.4 Å². The van der Waals surface area contributed by atoms with E-state index in [4.69, 9.17) is 0 Å².